The number of amides is 1. The topological polar surface area (TPSA) is 85.0 Å². The minimum absolute atomic E-state index is 0.0801. The third kappa shape index (κ3) is 3.19. The molecular weight excluding hydrogens is 314 g/mol. The highest BCUT2D eigenvalue weighted by molar-refractivity contribution is 5.79. The Kier molecular flexibility index (Phi) is 4.55. The van der Waals surface area contributed by atoms with Crippen LogP contribution < -0.4 is 16.6 Å². The summed E-state index contributed by atoms with van der Waals surface area (Å²) in [4.78, 5) is 16.6. The van der Waals surface area contributed by atoms with Crippen molar-refractivity contribution in [2.75, 3.05) is 6.54 Å². The molecule has 4 N–H and O–H groups in total. The number of nitrogens with one attached hydrogen (secondary N) is 2. The molecule has 132 valence electrons. The molecular formula is C19H25N5O. The summed E-state index contributed by atoms with van der Waals surface area (Å²) in [5, 5.41) is 0. The van der Waals surface area contributed by atoms with Gasteiger partial charge < -0.3 is 10.3 Å². The van der Waals surface area contributed by atoms with Crippen LogP contribution in [0.15, 0.2) is 42.9 Å². The number of rotatable bonds is 4. The Hall–Kier alpha value is -2.18. The van der Waals surface area contributed by atoms with Crippen LogP contribution in [0.2, 0.25) is 0 Å². The molecule has 0 spiro atoms. The lowest BCUT2D eigenvalue weighted by Crippen LogP contribution is -2.62. The maximum absolute atomic E-state index is 12.2. The Labute approximate surface area is 147 Å². The van der Waals surface area contributed by atoms with Crippen molar-refractivity contribution in [3.63, 3.8) is 0 Å². The Bertz CT molecular complexity index is 728. The smallest absolute Gasteiger partial charge is 0.237 e. The van der Waals surface area contributed by atoms with Crippen molar-refractivity contribution in [1.29, 1.82) is 0 Å². The predicted molar refractivity (Wildman–Crippen MR) is 95.5 cm³/mol. The number of benzene rings is 1. The third-order valence-electron chi connectivity index (χ3n) is 5.75. The fourth-order valence-electron chi connectivity index (χ4n) is 4.42. The number of nitrogens with zero attached hydrogens (tertiary/aromatic N) is 2. The molecule has 4 rings (SSSR count). The van der Waals surface area contributed by atoms with E-state index in [2.05, 4.69) is 44.7 Å². The Balaban J connectivity index is 1.53. The molecule has 25 heavy (non-hydrogen) atoms. The van der Waals surface area contributed by atoms with E-state index in [4.69, 9.17) is 5.73 Å². The Morgan fingerprint density at radius 2 is 2.08 bits per heavy atom. The lowest BCUT2D eigenvalue weighted by atomic mass is 9.69. The van der Waals surface area contributed by atoms with E-state index in [0.717, 1.165) is 25.8 Å². The van der Waals surface area contributed by atoms with E-state index in [1.165, 1.54) is 11.3 Å². The van der Waals surface area contributed by atoms with E-state index < -0.39 is 0 Å². The van der Waals surface area contributed by atoms with Crippen LogP contribution in [0.3, 0.4) is 0 Å². The summed E-state index contributed by atoms with van der Waals surface area (Å²) >= 11 is 0. The van der Waals surface area contributed by atoms with Gasteiger partial charge in [0.05, 0.1) is 6.33 Å². The average Bonchev–Trinajstić information content (AvgIpc) is 3.11. The third-order valence-corrected chi connectivity index (χ3v) is 5.75. The average molecular weight is 339 g/mol. The van der Waals surface area contributed by atoms with Gasteiger partial charge >= 0.3 is 0 Å². The van der Waals surface area contributed by atoms with Gasteiger partial charge in [0.2, 0.25) is 5.91 Å². The summed E-state index contributed by atoms with van der Waals surface area (Å²) in [7, 11) is 0. The van der Waals surface area contributed by atoms with Crippen LogP contribution in [-0.4, -0.2) is 28.0 Å². The van der Waals surface area contributed by atoms with Gasteiger partial charge in [-0.15, -0.1) is 0 Å². The molecule has 0 radical (unpaired) electrons. The second-order valence-electron chi connectivity index (χ2n) is 7.19. The van der Waals surface area contributed by atoms with Crippen molar-refractivity contribution in [1.82, 2.24) is 20.4 Å². The molecule has 2 heterocycles. The number of hydrogen-bond donors (Lipinski definition) is 3. The van der Waals surface area contributed by atoms with Gasteiger partial charge in [0.15, 0.2) is 0 Å². The molecule has 4 unspecified atom stereocenters. The molecule has 1 aliphatic carbocycles. The van der Waals surface area contributed by atoms with E-state index in [-0.39, 0.29) is 23.8 Å². The zero-order valence-electron chi connectivity index (χ0n) is 14.3. The van der Waals surface area contributed by atoms with Gasteiger partial charge in [0, 0.05) is 42.9 Å². The first-order chi connectivity index (χ1) is 12.3. The Morgan fingerprint density at radius 3 is 2.88 bits per heavy atom. The van der Waals surface area contributed by atoms with Crippen LogP contribution in [0.25, 0.3) is 0 Å². The van der Waals surface area contributed by atoms with Crippen LogP contribution in [0, 0.1) is 11.8 Å². The van der Waals surface area contributed by atoms with Crippen molar-refractivity contribution >= 4 is 5.91 Å². The summed E-state index contributed by atoms with van der Waals surface area (Å²) in [6, 6.07) is 10.6. The highest BCUT2D eigenvalue weighted by Gasteiger charge is 2.42. The largest absolute Gasteiger partial charge is 0.330 e. The molecule has 1 aromatic heterocycles. The molecule has 1 saturated heterocycles. The number of fused-ring (bicyclic) bond motifs is 1. The second-order valence-corrected chi connectivity index (χ2v) is 7.19. The van der Waals surface area contributed by atoms with Crippen LogP contribution in [0.5, 0.6) is 0 Å². The monoisotopic (exact) mass is 339 g/mol. The van der Waals surface area contributed by atoms with Gasteiger partial charge in [0.25, 0.3) is 0 Å². The molecule has 4 atom stereocenters. The van der Waals surface area contributed by atoms with E-state index >= 15 is 0 Å². The molecule has 1 saturated carbocycles. The molecule has 1 amide bonds. The van der Waals surface area contributed by atoms with E-state index in [9.17, 15) is 4.79 Å². The SMILES string of the molecule is NCC1NNC(=O)C2CCC(c3cncn3Cc3ccccc3)CC12. The maximum atomic E-state index is 12.2. The number of nitrogens with two attached hydrogens (primary N) is 1. The minimum Gasteiger partial charge on any atom is -0.330 e. The summed E-state index contributed by atoms with van der Waals surface area (Å²) in [5.74, 6) is 0.911. The number of aromatic nitrogens is 2. The zero-order chi connectivity index (χ0) is 17.2. The number of carbonyl (C=O) groups excluding carboxylic acids is 1. The van der Waals surface area contributed by atoms with Crippen LogP contribution >= 0.6 is 0 Å². The molecule has 6 heteroatoms. The lowest BCUT2D eigenvalue weighted by Gasteiger charge is -2.43. The molecule has 2 fully saturated rings. The van der Waals surface area contributed by atoms with Gasteiger partial charge in [-0.3, -0.25) is 10.2 Å². The summed E-state index contributed by atoms with van der Waals surface area (Å²) < 4.78 is 2.24. The van der Waals surface area contributed by atoms with E-state index in [1.807, 2.05) is 18.6 Å². The van der Waals surface area contributed by atoms with Crippen molar-refractivity contribution in [3.05, 3.63) is 54.1 Å². The lowest BCUT2D eigenvalue weighted by molar-refractivity contribution is -0.133. The first kappa shape index (κ1) is 16.3. The number of imidazole rings is 1. The van der Waals surface area contributed by atoms with E-state index in [0.29, 0.717) is 12.5 Å². The molecule has 1 aliphatic heterocycles. The molecule has 6 nitrogen and oxygen atoms in total. The maximum Gasteiger partial charge on any atom is 0.237 e. The fraction of sp³-hybridized carbons (Fsp3) is 0.474. The summed E-state index contributed by atoms with van der Waals surface area (Å²) in [6.45, 7) is 1.37. The molecule has 0 bridgehead atoms. The van der Waals surface area contributed by atoms with Gasteiger partial charge in [-0.1, -0.05) is 30.3 Å². The molecule has 1 aromatic carbocycles. The molecule has 2 aromatic rings. The highest BCUT2D eigenvalue weighted by Crippen LogP contribution is 2.42. The summed E-state index contributed by atoms with van der Waals surface area (Å²) in [5.41, 5.74) is 14.3. The first-order valence-corrected chi connectivity index (χ1v) is 9.05. The number of hydrazine groups is 1. The van der Waals surface area contributed by atoms with Crippen molar-refractivity contribution in [2.45, 2.75) is 37.8 Å². The van der Waals surface area contributed by atoms with Crippen LogP contribution in [-0.2, 0) is 11.3 Å². The van der Waals surface area contributed by atoms with Gasteiger partial charge in [0.1, 0.15) is 0 Å². The molecule has 2 aliphatic rings. The van der Waals surface area contributed by atoms with Crippen LogP contribution in [0.4, 0.5) is 0 Å². The minimum atomic E-state index is 0.0801. The van der Waals surface area contributed by atoms with Gasteiger partial charge in [-0.25, -0.2) is 10.4 Å². The normalized spacial score (nSPS) is 29.1. The zero-order valence-corrected chi connectivity index (χ0v) is 14.3. The highest BCUT2D eigenvalue weighted by atomic mass is 16.2. The van der Waals surface area contributed by atoms with Crippen molar-refractivity contribution in [2.24, 2.45) is 17.6 Å². The standard InChI is InChI=1S/C19H25N5O/c20-9-17-16-8-14(6-7-15(16)19(25)23-22-17)18-10-21-12-24(18)11-13-4-2-1-3-5-13/h1-5,10,12,14-17,22H,6-9,11,20H2,(H,23,25). The predicted octanol–water partition coefficient (Wildman–Crippen LogP) is 1.39. The first-order valence-electron chi connectivity index (χ1n) is 9.05. The van der Waals surface area contributed by atoms with Crippen molar-refractivity contribution in [3.8, 4) is 0 Å². The van der Waals surface area contributed by atoms with Gasteiger partial charge in [-0.2, -0.15) is 0 Å². The number of carbonyl (C=O) groups is 1. The Morgan fingerprint density at radius 1 is 1.24 bits per heavy atom. The van der Waals surface area contributed by atoms with Crippen molar-refractivity contribution < 1.29 is 4.79 Å². The fourth-order valence-corrected chi connectivity index (χ4v) is 4.42. The summed E-state index contributed by atoms with van der Waals surface area (Å²) in [6.07, 6.45) is 6.82. The quantitative estimate of drug-likeness (QED) is 0.786. The second kappa shape index (κ2) is 6.98. The van der Waals surface area contributed by atoms with Gasteiger partial charge in [-0.05, 0) is 30.7 Å². The number of hydrogen-bond acceptors (Lipinski definition) is 4. The van der Waals surface area contributed by atoms with E-state index in [1.54, 1.807) is 0 Å². The van der Waals surface area contributed by atoms with Crippen LogP contribution in [0.1, 0.15) is 36.4 Å².